The van der Waals surface area contributed by atoms with Crippen LogP contribution in [0.5, 0.6) is 0 Å². The normalized spacial score (nSPS) is 17.8. The van der Waals surface area contributed by atoms with Gasteiger partial charge in [0.05, 0.1) is 6.61 Å². The van der Waals surface area contributed by atoms with Crippen molar-refractivity contribution in [3.05, 3.63) is 34.9 Å². The van der Waals surface area contributed by atoms with E-state index in [0.29, 0.717) is 6.61 Å². The summed E-state index contributed by atoms with van der Waals surface area (Å²) in [6.45, 7) is 3.70. The highest BCUT2D eigenvalue weighted by Crippen LogP contribution is 2.35. The summed E-state index contributed by atoms with van der Waals surface area (Å²) in [5.74, 6) is 0.787. The topological polar surface area (TPSA) is 54.9 Å². The zero-order chi connectivity index (χ0) is 16.5. The number of ether oxygens (including phenoxy) is 2. The van der Waals surface area contributed by atoms with Crippen LogP contribution in [0.3, 0.4) is 0 Å². The Hall–Kier alpha value is -1.30. The molecule has 2 rings (SSSR count). The Morgan fingerprint density at radius 2 is 2.13 bits per heavy atom. The number of guanidine groups is 1. The molecule has 1 aromatic carbocycles. The van der Waals surface area contributed by atoms with E-state index in [9.17, 15) is 0 Å². The van der Waals surface area contributed by atoms with Crippen LogP contribution in [0.4, 0.5) is 0 Å². The third-order valence-corrected chi connectivity index (χ3v) is 4.54. The van der Waals surface area contributed by atoms with Crippen LogP contribution in [0.15, 0.2) is 29.3 Å². The second-order valence-electron chi connectivity index (χ2n) is 5.75. The van der Waals surface area contributed by atoms with Gasteiger partial charge in [0.25, 0.3) is 0 Å². The van der Waals surface area contributed by atoms with Crippen LogP contribution in [0, 0.1) is 0 Å². The number of methoxy groups -OCH3 is 1. The molecule has 0 amide bonds. The number of rotatable bonds is 6. The fraction of sp³-hybridized carbons (Fsp3) is 0.588. The third kappa shape index (κ3) is 5.09. The monoisotopic (exact) mass is 339 g/mol. The van der Waals surface area contributed by atoms with Gasteiger partial charge in [-0.05, 0) is 30.5 Å². The first kappa shape index (κ1) is 18.0. The lowest BCUT2D eigenvalue weighted by molar-refractivity contribution is 0.0514. The Balaban J connectivity index is 2.07. The van der Waals surface area contributed by atoms with Gasteiger partial charge < -0.3 is 20.1 Å². The van der Waals surface area contributed by atoms with Gasteiger partial charge in [-0.2, -0.15) is 0 Å². The molecule has 6 heteroatoms. The lowest BCUT2D eigenvalue weighted by Gasteiger charge is -2.38. The zero-order valence-corrected chi connectivity index (χ0v) is 14.7. The highest BCUT2D eigenvalue weighted by Gasteiger charge is 2.34. The summed E-state index contributed by atoms with van der Waals surface area (Å²) < 4.78 is 10.6. The van der Waals surface area contributed by atoms with E-state index in [1.807, 2.05) is 12.1 Å². The van der Waals surface area contributed by atoms with E-state index in [4.69, 9.17) is 21.1 Å². The standard InChI is InChI=1S/C17H26ClN3O2/c1-19-16(20-8-11-22-2)21-13-17(6-9-23-10-7-17)14-4-3-5-15(18)12-14/h3-5,12H,6-11,13H2,1-2H3,(H2,19,20,21). The van der Waals surface area contributed by atoms with Gasteiger partial charge in [-0.1, -0.05) is 23.7 Å². The van der Waals surface area contributed by atoms with Crippen molar-refractivity contribution in [3.8, 4) is 0 Å². The largest absolute Gasteiger partial charge is 0.383 e. The molecule has 0 aromatic heterocycles. The fourth-order valence-corrected chi connectivity index (χ4v) is 3.08. The van der Waals surface area contributed by atoms with Crippen LogP contribution in [0.1, 0.15) is 18.4 Å². The second kappa shape index (κ2) is 9.11. The van der Waals surface area contributed by atoms with E-state index < -0.39 is 0 Å². The van der Waals surface area contributed by atoms with Crippen LogP contribution in [0.25, 0.3) is 0 Å². The quantitative estimate of drug-likeness (QED) is 0.474. The van der Waals surface area contributed by atoms with Crippen LogP contribution >= 0.6 is 11.6 Å². The van der Waals surface area contributed by atoms with Gasteiger partial charge in [0.2, 0.25) is 0 Å². The molecule has 1 saturated heterocycles. The minimum absolute atomic E-state index is 0.0159. The van der Waals surface area contributed by atoms with E-state index >= 15 is 0 Å². The van der Waals surface area contributed by atoms with E-state index in [-0.39, 0.29) is 5.41 Å². The molecule has 0 bridgehead atoms. The highest BCUT2D eigenvalue weighted by molar-refractivity contribution is 6.30. The predicted molar refractivity (Wildman–Crippen MR) is 94.4 cm³/mol. The average molecular weight is 340 g/mol. The van der Waals surface area contributed by atoms with Crippen molar-refractivity contribution < 1.29 is 9.47 Å². The maximum absolute atomic E-state index is 6.20. The van der Waals surface area contributed by atoms with Gasteiger partial charge in [0.1, 0.15) is 0 Å². The molecule has 1 aliphatic heterocycles. The molecule has 5 nitrogen and oxygen atoms in total. The first-order valence-corrected chi connectivity index (χ1v) is 8.35. The van der Waals surface area contributed by atoms with Crippen molar-refractivity contribution in [1.29, 1.82) is 0 Å². The molecule has 23 heavy (non-hydrogen) atoms. The molecular weight excluding hydrogens is 314 g/mol. The maximum Gasteiger partial charge on any atom is 0.191 e. The number of hydrogen-bond acceptors (Lipinski definition) is 3. The molecular formula is C17H26ClN3O2. The molecule has 0 radical (unpaired) electrons. The van der Waals surface area contributed by atoms with E-state index in [1.54, 1.807) is 14.2 Å². The number of nitrogens with zero attached hydrogens (tertiary/aromatic N) is 1. The molecule has 1 heterocycles. The van der Waals surface area contributed by atoms with Crippen molar-refractivity contribution in [3.63, 3.8) is 0 Å². The van der Waals surface area contributed by atoms with Crippen molar-refractivity contribution in [2.24, 2.45) is 4.99 Å². The second-order valence-corrected chi connectivity index (χ2v) is 6.18. The Kier molecular flexibility index (Phi) is 7.15. The molecule has 128 valence electrons. The van der Waals surface area contributed by atoms with Crippen molar-refractivity contribution in [1.82, 2.24) is 10.6 Å². The summed E-state index contributed by atoms with van der Waals surface area (Å²) in [5, 5.41) is 7.46. The van der Waals surface area contributed by atoms with Gasteiger partial charge in [0, 0.05) is 50.9 Å². The molecule has 0 aliphatic carbocycles. The number of aliphatic imine (C=N–C) groups is 1. The Bertz CT molecular complexity index is 516. The van der Waals surface area contributed by atoms with Crippen molar-refractivity contribution in [2.75, 3.05) is 47.1 Å². The number of nitrogens with one attached hydrogen (secondary N) is 2. The van der Waals surface area contributed by atoms with Crippen molar-refractivity contribution in [2.45, 2.75) is 18.3 Å². The molecule has 2 N–H and O–H groups in total. The summed E-state index contributed by atoms with van der Waals surface area (Å²) in [6.07, 6.45) is 1.94. The van der Waals surface area contributed by atoms with Gasteiger partial charge in [-0.3, -0.25) is 4.99 Å². The predicted octanol–water partition coefficient (Wildman–Crippen LogP) is 2.20. The lowest BCUT2D eigenvalue weighted by Crippen LogP contribution is -2.48. The van der Waals surface area contributed by atoms with Crippen LogP contribution in [0.2, 0.25) is 5.02 Å². The first-order valence-electron chi connectivity index (χ1n) is 7.97. The average Bonchev–Trinajstić information content (AvgIpc) is 2.59. The molecule has 1 fully saturated rings. The van der Waals surface area contributed by atoms with Gasteiger partial charge in [0.15, 0.2) is 5.96 Å². The zero-order valence-electron chi connectivity index (χ0n) is 13.9. The highest BCUT2D eigenvalue weighted by atomic mass is 35.5. The molecule has 0 saturated carbocycles. The minimum Gasteiger partial charge on any atom is -0.383 e. The minimum atomic E-state index is 0.0159. The molecule has 0 unspecified atom stereocenters. The van der Waals surface area contributed by atoms with Gasteiger partial charge in [-0.15, -0.1) is 0 Å². The lowest BCUT2D eigenvalue weighted by atomic mass is 9.74. The molecule has 1 aliphatic rings. The van der Waals surface area contributed by atoms with Crippen molar-refractivity contribution >= 4 is 17.6 Å². The Morgan fingerprint density at radius 1 is 1.35 bits per heavy atom. The Morgan fingerprint density at radius 3 is 2.78 bits per heavy atom. The maximum atomic E-state index is 6.20. The summed E-state index contributed by atoms with van der Waals surface area (Å²) >= 11 is 6.20. The number of benzene rings is 1. The summed E-state index contributed by atoms with van der Waals surface area (Å²) in [4.78, 5) is 4.27. The van der Waals surface area contributed by atoms with Gasteiger partial charge in [-0.25, -0.2) is 0 Å². The summed E-state index contributed by atoms with van der Waals surface area (Å²) in [7, 11) is 3.46. The summed E-state index contributed by atoms with van der Waals surface area (Å²) in [6, 6.07) is 8.15. The van der Waals surface area contributed by atoms with Gasteiger partial charge >= 0.3 is 0 Å². The SMILES string of the molecule is CN=C(NCCOC)NCC1(c2cccc(Cl)c2)CCOCC1. The molecule has 0 spiro atoms. The number of hydrogen-bond donors (Lipinski definition) is 2. The first-order chi connectivity index (χ1) is 11.2. The Labute approximate surface area is 143 Å². The molecule has 0 atom stereocenters. The van der Waals surface area contributed by atoms with E-state index in [2.05, 4.69) is 27.8 Å². The summed E-state index contributed by atoms with van der Waals surface area (Å²) in [5.41, 5.74) is 1.27. The van der Waals surface area contributed by atoms with Crippen LogP contribution < -0.4 is 10.6 Å². The molecule has 1 aromatic rings. The van der Waals surface area contributed by atoms with E-state index in [1.165, 1.54) is 5.56 Å². The van der Waals surface area contributed by atoms with E-state index in [0.717, 1.165) is 50.1 Å². The van der Waals surface area contributed by atoms with Crippen LogP contribution in [-0.2, 0) is 14.9 Å². The smallest absolute Gasteiger partial charge is 0.191 e. The third-order valence-electron chi connectivity index (χ3n) is 4.30. The number of halogens is 1. The fourth-order valence-electron chi connectivity index (χ4n) is 2.89. The van der Waals surface area contributed by atoms with Crippen LogP contribution in [-0.4, -0.2) is 53.0 Å².